The van der Waals surface area contributed by atoms with Crippen molar-refractivity contribution in [3.63, 3.8) is 0 Å². The summed E-state index contributed by atoms with van der Waals surface area (Å²) in [5.74, 6) is -1.09. The minimum atomic E-state index is -1.18. The molecule has 1 aliphatic rings. The van der Waals surface area contributed by atoms with Crippen LogP contribution in [0.4, 0.5) is 0 Å². The highest BCUT2D eigenvalue weighted by Crippen LogP contribution is 2.40. The van der Waals surface area contributed by atoms with Crippen LogP contribution in [-0.4, -0.2) is 22.3 Å². The van der Waals surface area contributed by atoms with E-state index in [-0.39, 0.29) is 5.41 Å². The van der Waals surface area contributed by atoms with Crippen molar-refractivity contribution in [1.82, 2.24) is 0 Å². The molecule has 0 bridgehead atoms. The topological polar surface area (TPSA) is 57.5 Å². The molecule has 1 atom stereocenters. The van der Waals surface area contributed by atoms with Crippen molar-refractivity contribution in [3.05, 3.63) is 0 Å². The SMILES string of the molecule is CC1(C(O)C(=O)O)CCCC1. The van der Waals surface area contributed by atoms with Gasteiger partial charge in [0.05, 0.1) is 0 Å². The van der Waals surface area contributed by atoms with Gasteiger partial charge in [0.1, 0.15) is 0 Å². The Morgan fingerprint density at radius 2 is 1.91 bits per heavy atom. The zero-order valence-electron chi connectivity index (χ0n) is 6.71. The van der Waals surface area contributed by atoms with Gasteiger partial charge in [-0.25, -0.2) is 4.79 Å². The Morgan fingerprint density at radius 3 is 2.27 bits per heavy atom. The van der Waals surface area contributed by atoms with E-state index in [2.05, 4.69) is 0 Å². The first kappa shape index (κ1) is 8.53. The summed E-state index contributed by atoms with van der Waals surface area (Å²) in [5.41, 5.74) is -0.369. The number of hydrogen-bond acceptors (Lipinski definition) is 2. The van der Waals surface area contributed by atoms with Gasteiger partial charge in [-0.2, -0.15) is 0 Å². The van der Waals surface area contributed by atoms with Crippen LogP contribution in [0.5, 0.6) is 0 Å². The van der Waals surface area contributed by atoms with Crippen LogP contribution < -0.4 is 0 Å². The van der Waals surface area contributed by atoms with Crippen LogP contribution in [-0.2, 0) is 4.79 Å². The molecule has 64 valence electrons. The third-order valence-electron chi connectivity index (χ3n) is 2.64. The lowest BCUT2D eigenvalue weighted by atomic mass is 9.83. The molecule has 2 N–H and O–H groups in total. The van der Waals surface area contributed by atoms with E-state index < -0.39 is 12.1 Å². The highest BCUT2D eigenvalue weighted by Gasteiger charge is 2.39. The third kappa shape index (κ3) is 1.53. The fourth-order valence-electron chi connectivity index (χ4n) is 1.75. The summed E-state index contributed by atoms with van der Waals surface area (Å²) < 4.78 is 0. The Labute approximate surface area is 66.0 Å². The Kier molecular flexibility index (Phi) is 2.18. The van der Waals surface area contributed by atoms with Crippen LogP contribution in [0.3, 0.4) is 0 Å². The fraction of sp³-hybridized carbons (Fsp3) is 0.875. The molecular weight excluding hydrogens is 144 g/mol. The molecule has 0 aromatic carbocycles. The van der Waals surface area contributed by atoms with Gasteiger partial charge in [0.2, 0.25) is 0 Å². The molecule has 0 saturated heterocycles. The second-order valence-electron chi connectivity index (χ2n) is 3.60. The first-order valence-electron chi connectivity index (χ1n) is 3.97. The molecule has 0 heterocycles. The number of rotatable bonds is 2. The lowest BCUT2D eigenvalue weighted by Crippen LogP contribution is -2.36. The van der Waals surface area contributed by atoms with Crippen LogP contribution in [0, 0.1) is 5.41 Å². The van der Waals surface area contributed by atoms with Gasteiger partial charge in [0.15, 0.2) is 6.10 Å². The molecule has 3 heteroatoms. The largest absolute Gasteiger partial charge is 0.479 e. The number of aliphatic hydroxyl groups is 1. The quantitative estimate of drug-likeness (QED) is 0.630. The fourth-order valence-corrected chi connectivity index (χ4v) is 1.75. The molecular formula is C8H14O3. The van der Waals surface area contributed by atoms with Gasteiger partial charge >= 0.3 is 5.97 Å². The van der Waals surface area contributed by atoms with E-state index >= 15 is 0 Å². The van der Waals surface area contributed by atoms with E-state index in [9.17, 15) is 9.90 Å². The zero-order valence-corrected chi connectivity index (χ0v) is 6.71. The van der Waals surface area contributed by atoms with E-state index in [1.54, 1.807) is 0 Å². The zero-order chi connectivity index (χ0) is 8.48. The lowest BCUT2D eigenvalue weighted by Gasteiger charge is -2.26. The molecule has 1 aliphatic carbocycles. The lowest BCUT2D eigenvalue weighted by molar-refractivity contribution is -0.153. The van der Waals surface area contributed by atoms with E-state index in [1.165, 1.54) is 0 Å². The first-order chi connectivity index (χ1) is 5.06. The van der Waals surface area contributed by atoms with E-state index in [0.717, 1.165) is 25.7 Å². The molecule has 3 nitrogen and oxygen atoms in total. The van der Waals surface area contributed by atoms with Crippen LogP contribution in [0.25, 0.3) is 0 Å². The second kappa shape index (κ2) is 2.81. The van der Waals surface area contributed by atoms with Crippen LogP contribution in [0.1, 0.15) is 32.6 Å². The number of carboxylic acid groups (broad SMARTS) is 1. The number of aliphatic carboxylic acids is 1. The molecule has 0 amide bonds. The van der Waals surface area contributed by atoms with Crippen LogP contribution in [0.15, 0.2) is 0 Å². The van der Waals surface area contributed by atoms with E-state index in [1.807, 2.05) is 6.92 Å². The van der Waals surface area contributed by atoms with Crippen molar-refractivity contribution in [1.29, 1.82) is 0 Å². The maximum atomic E-state index is 10.4. The first-order valence-corrected chi connectivity index (χ1v) is 3.97. The van der Waals surface area contributed by atoms with Crippen molar-refractivity contribution >= 4 is 5.97 Å². The number of carboxylic acids is 1. The van der Waals surface area contributed by atoms with Gasteiger partial charge in [0, 0.05) is 5.41 Å². The van der Waals surface area contributed by atoms with Gasteiger partial charge < -0.3 is 10.2 Å². The summed E-state index contributed by atoms with van der Waals surface area (Å²) in [6, 6.07) is 0. The smallest absolute Gasteiger partial charge is 0.333 e. The van der Waals surface area contributed by atoms with Gasteiger partial charge in [-0.05, 0) is 12.8 Å². The summed E-state index contributed by atoms with van der Waals surface area (Å²) in [6.45, 7) is 1.85. The molecule has 0 aliphatic heterocycles. The highest BCUT2D eigenvalue weighted by molar-refractivity contribution is 5.73. The minimum absolute atomic E-state index is 0.369. The van der Waals surface area contributed by atoms with Crippen LogP contribution >= 0.6 is 0 Å². The predicted molar refractivity (Wildman–Crippen MR) is 40.2 cm³/mol. The van der Waals surface area contributed by atoms with Crippen molar-refractivity contribution in [2.24, 2.45) is 5.41 Å². The summed E-state index contributed by atoms with van der Waals surface area (Å²) in [5, 5.41) is 17.8. The number of carbonyl (C=O) groups is 1. The van der Waals surface area contributed by atoms with E-state index in [0.29, 0.717) is 0 Å². The predicted octanol–water partition coefficient (Wildman–Crippen LogP) is 1.01. The molecule has 11 heavy (non-hydrogen) atoms. The Morgan fingerprint density at radius 1 is 1.45 bits per heavy atom. The average molecular weight is 158 g/mol. The van der Waals surface area contributed by atoms with Crippen molar-refractivity contribution < 1.29 is 15.0 Å². The van der Waals surface area contributed by atoms with Crippen LogP contribution in [0.2, 0.25) is 0 Å². The van der Waals surface area contributed by atoms with Gasteiger partial charge in [0.25, 0.3) is 0 Å². The van der Waals surface area contributed by atoms with Gasteiger partial charge in [-0.3, -0.25) is 0 Å². The Bertz CT molecular complexity index is 159. The molecule has 0 radical (unpaired) electrons. The Hall–Kier alpha value is -0.570. The number of hydrogen-bond donors (Lipinski definition) is 2. The highest BCUT2D eigenvalue weighted by atomic mass is 16.4. The molecule has 1 rings (SSSR count). The van der Waals surface area contributed by atoms with Gasteiger partial charge in [-0.15, -0.1) is 0 Å². The van der Waals surface area contributed by atoms with E-state index in [4.69, 9.17) is 5.11 Å². The molecule has 1 fully saturated rings. The molecule has 0 aromatic rings. The summed E-state index contributed by atoms with van der Waals surface area (Å²) in [6.07, 6.45) is 2.58. The standard InChI is InChI=1S/C8H14O3/c1-8(4-2-3-5-8)6(9)7(10)11/h6,9H,2-5H2,1H3,(H,10,11). The van der Waals surface area contributed by atoms with Gasteiger partial charge in [-0.1, -0.05) is 19.8 Å². The summed E-state index contributed by atoms with van der Waals surface area (Å²) in [4.78, 5) is 10.4. The maximum absolute atomic E-state index is 10.4. The van der Waals surface area contributed by atoms with Crippen molar-refractivity contribution in [2.75, 3.05) is 0 Å². The molecule has 0 aromatic heterocycles. The molecule has 1 saturated carbocycles. The molecule has 0 spiro atoms. The normalized spacial score (nSPS) is 24.9. The second-order valence-corrected chi connectivity index (χ2v) is 3.60. The maximum Gasteiger partial charge on any atom is 0.333 e. The summed E-state index contributed by atoms with van der Waals surface area (Å²) in [7, 11) is 0. The minimum Gasteiger partial charge on any atom is -0.479 e. The van der Waals surface area contributed by atoms with Crippen molar-refractivity contribution in [3.8, 4) is 0 Å². The number of aliphatic hydroxyl groups excluding tert-OH is 1. The Balaban J connectivity index is 2.63. The van der Waals surface area contributed by atoms with Crippen molar-refractivity contribution in [2.45, 2.75) is 38.7 Å². The summed E-state index contributed by atoms with van der Waals surface area (Å²) >= 11 is 0. The monoisotopic (exact) mass is 158 g/mol. The third-order valence-corrected chi connectivity index (χ3v) is 2.64. The molecule has 1 unspecified atom stereocenters. The average Bonchev–Trinajstić information content (AvgIpc) is 2.35.